The van der Waals surface area contributed by atoms with Gasteiger partial charge in [-0.25, -0.2) is 8.78 Å². The summed E-state index contributed by atoms with van der Waals surface area (Å²) in [6, 6.07) is 9.51. The first-order chi connectivity index (χ1) is 9.02. The SMILES string of the molecule is CNC(c1ccc(Br)c(F)c1)c1ccc(F)c(Br)c1. The van der Waals surface area contributed by atoms with E-state index in [1.165, 1.54) is 12.1 Å². The van der Waals surface area contributed by atoms with Crippen LogP contribution in [0, 0.1) is 11.6 Å². The van der Waals surface area contributed by atoms with E-state index in [0.29, 0.717) is 8.95 Å². The van der Waals surface area contributed by atoms with E-state index in [1.54, 1.807) is 25.2 Å². The zero-order chi connectivity index (χ0) is 14.0. The first kappa shape index (κ1) is 14.6. The van der Waals surface area contributed by atoms with Gasteiger partial charge in [-0.05, 0) is 74.3 Å². The molecule has 2 rings (SSSR count). The van der Waals surface area contributed by atoms with Crippen molar-refractivity contribution in [1.82, 2.24) is 5.32 Å². The molecule has 0 aliphatic carbocycles. The molecule has 0 bridgehead atoms. The lowest BCUT2D eigenvalue weighted by Crippen LogP contribution is -2.18. The molecule has 0 aromatic heterocycles. The number of hydrogen-bond donors (Lipinski definition) is 1. The van der Waals surface area contributed by atoms with Gasteiger partial charge in [-0.2, -0.15) is 0 Å². The highest BCUT2D eigenvalue weighted by molar-refractivity contribution is 9.10. The fourth-order valence-corrected chi connectivity index (χ4v) is 2.55. The zero-order valence-electron chi connectivity index (χ0n) is 10.1. The van der Waals surface area contributed by atoms with Gasteiger partial charge < -0.3 is 5.32 Å². The van der Waals surface area contributed by atoms with Gasteiger partial charge in [0.05, 0.1) is 15.0 Å². The van der Waals surface area contributed by atoms with Gasteiger partial charge in [0.1, 0.15) is 11.6 Å². The smallest absolute Gasteiger partial charge is 0.137 e. The second-order valence-electron chi connectivity index (χ2n) is 4.07. The van der Waals surface area contributed by atoms with Crippen LogP contribution >= 0.6 is 31.9 Å². The fourth-order valence-electron chi connectivity index (χ4n) is 1.91. The highest BCUT2D eigenvalue weighted by Crippen LogP contribution is 2.28. The third kappa shape index (κ3) is 3.22. The van der Waals surface area contributed by atoms with Crippen molar-refractivity contribution in [1.29, 1.82) is 0 Å². The normalized spacial score (nSPS) is 12.5. The van der Waals surface area contributed by atoms with Crippen LogP contribution in [0.4, 0.5) is 8.78 Å². The molecule has 2 aromatic carbocycles. The van der Waals surface area contributed by atoms with E-state index in [-0.39, 0.29) is 17.7 Å². The molecule has 5 heteroatoms. The summed E-state index contributed by atoms with van der Waals surface area (Å²) in [4.78, 5) is 0. The molecule has 0 saturated carbocycles. The number of halogens is 4. The van der Waals surface area contributed by atoms with Crippen LogP contribution in [-0.2, 0) is 0 Å². The fraction of sp³-hybridized carbons (Fsp3) is 0.143. The minimum absolute atomic E-state index is 0.195. The molecule has 0 saturated heterocycles. The third-order valence-electron chi connectivity index (χ3n) is 2.84. The highest BCUT2D eigenvalue weighted by atomic mass is 79.9. The summed E-state index contributed by atoms with van der Waals surface area (Å²) in [6.45, 7) is 0. The number of nitrogens with one attached hydrogen (secondary N) is 1. The molecule has 100 valence electrons. The molecule has 1 atom stereocenters. The van der Waals surface area contributed by atoms with Crippen LogP contribution in [0.2, 0.25) is 0 Å². The first-order valence-electron chi connectivity index (χ1n) is 5.60. The Morgan fingerprint density at radius 3 is 2.11 bits per heavy atom. The summed E-state index contributed by atoms with van der Waals surface area (Å²) >= 11 is 6.28. The number of rotatable bonds is 3. The summed E-state index contributed by atoms with van der Waals surface area (Å²) in [7, 11) is 1.78. The molecule has 0 amide bonds. The molecule has 2 aromatic rings. The highest BCUT2D eigenvalue weighted by Gasteiger charge is 2.15. The Kier molecular flexibility index (Phi) is 4.71. The predicted molar refractivity (Wildman–Crippen MR) is 79.1 cm³/mol. The van der Waals surface area contributed by atoms with Crippen molar-refractivity contribution >= 4 is 31.9 Å². The van der Waals surface area contributed by atoms with E-state index >= 15 is 0 Å². The average molecular weight is 391 g/mol. The van der Waals surface area contributed by atoms with Gasteiger partial charge in [-0.15, -0.1) is 0 Å². The maximum absolute atomic E-state index is 13.6. The molecule has 0 aliphatic heterocycles. The Hall–Kier alpha value is -0.780. The van der Waals surface area contributed by atoms with Crippen molar-refractivity contribution in [2.75, 3.05) is 7.05 Å². The molecule has 1 unspecified atom stereocenters. The Morgan fingerprint density at radius 2 is 1.53 bits per heavy atom. The molecular weight excluding hydrogens is 380 g/mol. The maximum Gasteiger partial charge on any atom is 0.137 e. The van der Waals surface area contributed by atoms with Crippen LogP contribution in [0.25, 0.3) is 0 Å². The standard InChI is InChI=1S/C14H11Br2F2N/c1-19-14(8-3-5-12(17)11(16)6-8)9-2-4-10(15)13(18)7-9/h2-7,14,19H,1H3. The van der Waals surface area contributed by atoms with E-state index in [1.807, 2.05) is 6.07 Å². The van der Waals surface area contributed by atoms with Crippen molar-refractivity contribution in [3.63, 3.8) is 0 Å². The van der Waals surface area contributed by atoms with Gasteiger partial charge >= 0.3 is 0 Å². The molecule has 0 aliphatic rings. The largest absolute Gasteiger partial charge is 0.309 e. The van der Waals surface area contributed by atoms with E-state index in [2.05, 4.69) is 37.2 Å². The van der Waals surface area contributed by atoms with Crippen molar-refractivity contribution in [3.8, 4) is 0 Å². The van der Waals surface area contributed by atoms with E-state index in [9.17, 15) is 8.78 Å². The molecule has 1 nitrogen and oxygen atoms in total. The summed E-state index contributed by atoms with van der Waals surface area (Å²) in [6.07, 6.45) is 0. The predicted octanol–water partition coefficient (Wildman–Crippen LogP) is 4.80. The van der Waals surface area contributed by atoms with Crippen molar-refractivity contribution in [2.45, 2.75) is 6.04 Å². The summed E-state index contributed by atoms with van der Waals surface area (Å²) in [5.74, 6) is -0.639. The summed E-state index contributed by atoms with van der Waals surface area (Å²) in [5, 5.41) is 3.10. The molecule has 0 spiro atoms. The Balaban J connectivity index is 2.43. The minimum Gasteiger partial charge on any atom is -0.309 e. The Labute approximate surface area is 127 Å². The Bertz CT molecular complexity index is 550. The van der Waals surface area contributed by atoms with Gasteiger partial charge in [0.25, 0.3) is 0 Å². The van der Waals surface area contributed by atoms with Crippen molar-refractivity contribution in [2.24, 2.45) is 0 Å². The second-order valence-corrected chi connectivity index (χ2v) is 5.78. The lowest BCUT2D eigenvalue weighted by atomic mass is 9.99. The maximum atomic E-state index is 13.6. The number of hydrogen-bond acceptors (Lipinski definition) is 1. The van der Waals surface area contributed by atoms with E-state index < -0.39 is 0 Å². The van der Waals surface area contributed by atoms with Gasteiger partial charge in [0, 0.05) is 0 Å². The van der Waals surface area contributed by atoms with Gasteiger partial charge in [0.15, 0.2) is 0 Å². The van der Waals surface area contributed by atoms with Gasteiger partial charge in [-0.3, -0.25) is 0 Å². The number of benzene rings is 2. The van der Waals surface area contributed by atoms with Gasteiger partial charge in [0.2, 0.25) is 0 Å². The summed E-state index contributed by atoms with van der Waals surface area (Å²) in [5.41, 5.74) is 1.64. The average Bonchev–Trinajstić information content (AvgIpc) is 2.39. The quantitative estimate of drug-likeness (QED) is 0.793. The Morgan fingerprint density at radius 1 is 0.895 bits per heavy atom. The van der Waals surface area contributed by atoms with Crippen LogP contribution in [0.5, 0.6) is 0 Å². The molecule has 0 radical (unpaired) electrons. The van der Waals surface area contributed by atoms with Crippen LogP contribution in [0.1, 0.15) is 17.2 Å². The second kappa shape index (κ2) is 6.11. The van der Waals surface area contributed by atoms with Crippen LogP contribution < -0.4 is 5.32 Å². The van der Waals surface area contributed by atoms with Crippen LogP contribution in [-0.4, -0.2) is 7.05 Å². The molecular formula is C14H11Br2F2N. The molecule has 1 N–H and O–H groups in total. The minimum atomic E-state index is -0.320. The van der Waals surface area contributed by atoms with E-state index in [4.69, 9.17) is 0 Å². The monoisotopic (exact) mass is 389 g/mol. The summed E-state index contributed by atoms with van der Waals surface area (Å²) < 4.78 is 27.7. The van der Waals surface area contributed by atoms with Crippen LogP contribution in [0.15, 0.2) is 45.3 Å². The lowest BCUT2D eigenvalue weighted by Gasteiger charge is -2.18. The molecule has 0 heterocycles. The zero-order valence-corrected chi connectivity index (χ0v) is 13.2. The first-order valence-corrected chi connectivity index (χ1v) is 7.18. The van der Waals surface area contributed by atoms with Gasteiger partial charge in [-0.1, -0.05) is 12.1 Å². The van der Waals surface area contributed by atoms with Crippen LogP contribution in [0.3, 0.4) is 0 Å². The lowest BCUT2D eigenvalue weighted by molar-refractivity contribution is 0.606. The van der Waals surface area contributed by atoms with Crippen molar-refractivity contribution < 1.29 is 8.78 Å². The van der Waals surface area contributed by atoms with E-state index in [0.717, 1.165) is 11.1 Å². The molecule has 19 heavy (non-hydrogen) atoms. The van der Waals surface area contributed by atoms with Crippen molar-refractivity contribution in [3.05, 3.63) is 68.1 Å². The molecule has 0 fully saturated rings. The topological polar surface area (TPSA) is 12.0 Å². The third-order valence-corrected chi connectivity index (χ3v) is 4.09.